The number of benzene rings is 2. The standard InChI is InChI=1S/C27H41NO4Si/c1-9-28(26(29)21-13-11-10-12-14-21)20-23(17-18-32-33(7,8)27(2,3)4)22-15-16-24(30-5)25(19-22)31-6/h10-16,19,23H,9,17-18,20H2,1-8H3. The van der Waals surface area contributed by atoms with Crippen LogP contribution in [0.15, 0.2) is 48.5 Å². The number of likely N-dealkylation sites (N-methyl/N-ethyl adjacent to an activating group) is 1. The van der Waals surface area contributed by atoms with E-state index in [4.69, 9.17) is 13.9 Å². The Bertz CT molecular complexity index is 893. The molecule has 2 aromatic carbocycles. The third-order valence-corrected chi connectivity index (χ3v) is 11.3. The molecule has 0 bridgehead atoms. The Morgan fingerprint density at radius 3 is 2.18 bits per heavy atom. The Balaban J connectivity index is 2.28. The molecule has 6 heteroatoms. The van der Waals surface area contributed by atoms with Crippen LogP contribution in [0.4, 0.5) is 0 Å². The Kier molecular flexibility index (Phi) is 9.55. The van der Waals surface area contributed by atoms with Crippen molar-refractivity contribution in [3.05, 3.63) is 59.7 Å². The molecule has 0 aliphatic rings. The van der Waals surface area contributed by atoms with Crippen molar-refractivity contribution < 1.29 is 18.7 Å². The van der Waals surface area contributed by atoms with Gasteiger partial charge in [0.2, 0.25) is 0 Å². The minimum absolute atomic E-state index is 0.0499. The molecule has 0 aliphatic heterocycles. The predicted octanol–water partition coefficient (Wildman–Crippen LogP) is 6.36. The SMILES string of the molecule is CCN(CC(CCO[Si](C)(C)C(C)(C)C)c1ccc(OC)c(OC)c1)C(=O)c1ccccc1. The molecular formula is C27H41NO4Si. The van der Waals surface area contributed by atoms with Crippen LogP contribution in [0.5, 0.6) is 11.5 Å². The largest absolute Gasteiger partial charge is 0.493 e. The molecule has 1 atom stereocenters. The molecule has 2 rings (SSSR count). The third kappa shape index (κ3) is 7.08. The van der Waals surface area contributed by atoms with Crippen LogP contribution in [-0.2, 0) is 4.43 Å². The molecule has 0 saturated heterocycles. The van der Waals surface area contributed by atoms with E-state index < -0.39 is 8.32 Å². The number of methoxy groups -OCH3 is 2. The highest BCUT2D eigenvalue weighted by atomic mass is 28.4. The summed E-state index contributed by atoms with van der Waals surface area (Å²) in [6, 6.07) is 15.5. The fourth-order valence-corrected chi connectivity index (χ4v) is 4.59. The van der Waals surface area contributed by atoms with Gasteiger partial charge in [-0.25, -0.2) is 0 Å². The van der Waals surface area contributed by atoms with E-state index in [2.05, 4.69) is 39.9 Å². The summed E-state index contributed by atoms with van der Waals surface area (Å²) in [5, 5.41) is 0.157. The van der Waals surface area contributed by atoms with Gasteiger partial charge in [0.05, 0.1) is 14.2 Å². The number of hydrogen-bond acceptors (Lipinski definition) is 4. The number of carbonyl (C=O) groups is 1. The first kappa shape index (κ1) is 26.9. The Morgan fingerprint density at radius 2 is 1.64 bits per heavy atom. The highest BCUT2D eigenvalue weighted by Gasteiger charge is 2.37. The summed E-state index contributed by atoms with van der Waals surface area (Å²) < 4.78 is 17.5. The van der Waals surface area contributed by atoms with Crippen LogP contribution in [-0.4, -0.2) is 53.0 Å². The van der Waals surface area contributed by atoms with Crippen LogP contribution in [0.25, 0.3) is 0 Å². The van der Waals surface area contributed by atoms with Gasteiger partial charge < -0.3 is 18.8 Å². The number of ether oxygens (including phenoxy) is 2. The molecule has 0 aromatic heterocycles. The van der Waals surface area contributed by atoms with E-state index in [9.17, 15) is 4.79 Å². The van der Waals surface area contributed by atoms with Gasteiger partial charge in [0, 0.05) is 31.2 Å². The quantitative estimate of drug-likeness (QED) is 0.358. The summed E-state index contributed by atoms with van der Waals surface area (Å²) in [7, 11) is 1.43. The molecule has 0 radical (unpaired) electrons. The van der Waals surface area contributed by atoms with Gasteiger partial charge in [-0.15, -0.1) is 0 Å². The maximum absolute atomic E-state index is 13.2. The molecule has 1 unspecified atom stereocenters. The van der Waals surface area contributed by atoms with Crippen LogP contribution in [0, 0.1) is 0 Å². The number of rotatable bonds is 11. The normalized spacial score (nSPS) is 12.8. The zero-order chi connectivity index (χ0) is 24.6. The topological polar surface area (TPSA) is 48.0 Å². The highest BCUT2D eigenvalue weighted by Crippen LogP contribution is 2.37. The van der Waals surface area contributed by atoms with Gasteiger partial charge in [-0.05, 0) is 61.3 Å². The molecule has 0 fully saturated rings. The minimum atomic E-state index is -1.85. The summed E-state index contributed by atoms with van der Waals surface area (Å²) in [5.41, 5.74) is 1.83. The average Bonchev–Trinajstić information content (AvgIpc) is 2.80. The Morgan fingerprint density at radius 1 is 1.00 bits per heavy atom. The van der Waals surface area contributed by atoms with E-state index in [1.165, 1.54) is 0 Å². The van der Waals surface area contributed by atoms with Crippen LogP contribution < -0.4 is 9.47 Å². The molecule has 182 valence electrons. The van der Waals surface area contributed by atoms with Crippen molar-refractivity contribution >= 4 is 14.2 Å². The Labute approximate surface area is 201 Å². The van der Waals surface area contributed by atoms with Crippen molar-refractivity contribution in [2.75, 3.05) is 33.9 Å². The molecule has 0 heterocycles. The minimum Gasteiger partial charge on any atom is -0.493 e. The number of carbonyl (C=O) groups excluding carboxylic acids is 1. The van der Waals surface area contributed by atoms with Crippen molar-refractivity contribution in [2.24, 2.45) is 0 Å². The maximum Gasteiger partial charge on any atom is 0.253 e. The van der Waals surface area contributed by atoms with Crippen LogP contribution in [0.1, 0.15) is 56.0 Å². The molecule has 33 heavy (non-hydrogen) atoms. The third-order valence-electron chi connectivity index (χ3n) is 6.74. The van der Waals surface area contributed by atoms with Crippen LogP contribution >= 0.6 is 0 Å². The lowest BCUT2D eigenvalue weighted by Gasteiger charge is -2.37. The maximum atomic E-state index is 13.2. The van der Waals surface area contributed by atoms with Crippen molar-refractivity contribution in [3.8, 4) is 11.5 Å². The molecule has 2 aromatic rings. The lowest BCUT2D eigenvalue weighted by molar-refractivity contribution is 0.0748. The monoisotopic (exact) mass is 471 g/mol. The smallest absolute Gasteiger partial charge is 0.253 e. The number of nitrogens with zero attached hydrogens (tertiary/aromatic N) is 1. The second-order valence-corrected chi connectivity index (χ2v) is 14.7. The molecule has 0 saturated carbocycles. The molecule has 5 nitrogen and oxygen atoms in total. The summed E-state index contributed by atoms with van der Waals surface area (Å²) in [5.74, 6) is 1.56. The lowest BCUT2D eigenvalue weighted by Crippen LogP contribution is -2.41. The first-order valence-electron chi connectivity index (χ1n) is 11.7. The van der Waals surface area contributed by atoms with Crippen molar-refractivity contribution in [2.45, 2.75) is 58.2 Å². The van der Waals surface area contributed by atoms with Gasteiger partial charge in [-0.3, -0.25) is 4.79 Å². The summed E-state index contributed by atoms with van der Waals surface area (Å²) in [6.45, 7) is 15.2. The van der Waals surface area contributed by atoms with Crippen molar-refractivity contribution in [1.29, 1.82) is 0 Å². The van der Waals surface area contributed by atoms with Crippen molar-refractivity contribution in [1.82, 2.24) is 4.90 Å². The lowest BCUT2D eigenvalue weighted by atomic mass is 9.94. The molecule has 1 amide bonds. The van der Waals surface area contributed by atoms with Gasteiger partial charge in [0.25, 0.3) is 5.91 Å². The second kappa shape index (κ2) is 11.7. The van der Waals surface area contributed by atoms with E-state index in [1.54, 1.807) is 14.2 Å². The van der Waals surface area contributed by atoms with E-state index in [-0.39, 0.29) is 16.9 Å². The molecule has 0 aliphatic carbocycles. The van der Waals surface area contributed by atoms with E-state index in [1.807, 2.05) is 54.3 Å². The highest BCUT2D eigenvalue weighted by molar-refractivity contribution is 6.74. The van der Waals surface area contributed by atoms with Crippen LogP contribution in [0.3, 0.4) is 0 Å². The number of amides is 1. The van der Waals surface area contributed by atoms with Gasteiger partial charge >= 0.3 is 0 Å². The fourth-order valence-electron chi connectivity index (χ4n) is 3.53. The van der Waals surface area contributed by atoms with Crippen LogP contribution in [0.2, 0.25) is 18.1 Å². The van der Waals surface area contributed by atoms with E-state index in [0.29, 0.717) is 36.8 Å². The van der Waals surface area contributed by atoms with Gasteiger partial charge in [0.15, 0.2) is 19.8 Å². The van der Waals surface area contributed by atoms with Gasteiger partial charge in [-0.1, -0.05) is 45.0 Å². The van der Waals surface area contributed by atoms with Gasteiger partial charge in [0.1, 0.15) is 0 Å². The van der Waals surface area contributed by atoms with E-state index in [0.717, 1.165) is 12.0 Å². The molecule has 0 N–H and O–H groups in total. The van der Waals surface area contributed by atoms with E-state index >= 15 is 0 Å². The summed E-state index contributed by atoms with van der Waals surface area (Å²) >= 11 is 0. The first-order valence-corrected chi connectivity index (χ1v) is 14.6. The Hall–Kier alpha value is -2.31. The van der Waals surface area contributed by atoms with Crippen molar-refractivity contribution in [3.63, 3.8) is 0 Å². The van der Waals surface area contributed by atoms with Gasteiger partial charge in [-0.2, -0.15) is 0 Å². The number of hydrogen-bond donors (Lipinski definition) is 0. The molecular weight excluding hydrogens is 430 g/mol. The zero-order valence-corrected chi connectivity index (χ0v) is 22.6. The molecule has 0 spiro atoms. The first-order chi connectivity index (χ1) is 15.5. The predicted molar refractivity (Wildman–Crippen MR) is 138 cm³/mol. The zero-order valence-electron chi connectivity index (χ0n) is 21.6. The summed E-state index contributed by atoms with van der Waals surface area (Å²) in [6.07, 6.45) is 0.820. The fraction of sp³-hybridized carbons (Fsp3) is 0.519. The second-order valence-electron chi connectivity index (χ2n) is 9.92. The average molecular weight is 472 g/mol. The summed E-state index contributed by atoms with van der Waals surface area (Å²) in [4.78, 5) is 15.1.